The Morgan fingerprint density at radius 2 is 1.95 bits per heavy atom. The molecule has 0 saturated carbocycles. The smallest absolute Gasteiger partial charge is 0.251 e. The fraction of sp³-hybridized carbons (Fsp3) is 0.500. The van der Waals surface area contributed by atoms with Gasteiger partial charge in [-0.05, 0) is 24.6 Å². The summed E-state index contributed by atoms with van der Waals surface area (Å²) in [6, 6.07) is 7.53. The Balaban J connectivity index is 2.08. The van der Waals surface area contributed by atoms with Crippen molar-refractivity contribution in [2.24, 2.45) is 5.92 Å². The van der Waals surface area contributed by atoms with Gasteiger partial charge in [-0.2, -0.15) is 0 Å². The summed E-state index contributed by atoms with van der Waals surface area (Å²) >= 11 is 0. The van der Waals surface area contributed by atoms with Crippen LogP contribution in [0.15, 0.2) is 24.3 Å². The normalized spacial score (nSPS) is 19.2. The van der Waals surface area contributed by atoms with E-state index in [9.17, 15) is 9.59 Å². The van der Waals surface area contributed by atoms with Crippen LogP contribution in [0.4, 0.5) is 0 Å². The van der Waals surface area contributed by atoms with Crippen molar-refractivity contribution in [3.8, 4) is 5.75 Å². The van der Waals surface area contributed by atoms with E-state index < -0.39 is 0 Å². The maximum Gasteiger partial charge on any atom is 0.251 e. The number of methoxy groups -OCH3 is 1. The van der Waals surface area contributed by atoms with E-state index in [-0.39, 0.29) is 30.2 Å². The Hall–Kier alpha value is -2.08. The van der Waals surface area contributed by atoms with Crippen molar-refractivity contribution >= 4 is 11.8 Å². The van der Waals surface area contributed by atoms with Gasteiger partial charge in [-0.3, -0.25) is 14.4 Å². The molecule has 2 amide bonds. The summed E-state index contributed by atoms with van der Waals surface area (Å²) in [5.41, 5.74) is 1.02. The Kier molecular flexibility index (Phi) is 5.03. The topological polar surface area (TPSA) is 59.1 Å². The van der Waals surface area contributed by atoms with Crippen LogP contribution in [-0.4, -0.2) is 49.6 Å². The molecule has 0 N–H and O–H groups in total. The minimum atomic E-state index is -0.349. The summed E-state index contributed by atoms with van der Waals surface area (Å²) in [7, 11) is 4.61. The molecule has 120 valence electrons. The highest BCUT2D eigenvalue weighted by molar-refractivity contribution is 5.89. The van der Waals surface area contributed by atoms with Gasteiger partial charge in [0.2, 0.25) is 5.91 Å². The van der Waals surface area contributed by atoms with Gasteiger partial charge in [0.15, 0.2) is 0 Å². The third kappa shape index (κ3) is 3.22. The Morgan fingerprint density at radius 1 is 1.32 bits per heavy atom. The monoisotopic (exact) mass is 306 g/mol. The van der Waals surface area contributed by atoms with Crippen LogP contribution in [0.3, 0.4) is 0 Å². The molecule has 2 atom stereocenters. The Morgan fingerprint density at radius 3 is 2.50 bits per heavy atom. The number of amides is 2. The highest BCUT2D eigenvalue weighted by atomic mass is 16.7. The van der Waals surface area contributed by atoms with Crippen molar-refractivity contribution < 1.29 is 19.2 Å². The number of benzene rings is 1. The van der Waals surface area contributed by atoms with Crippen LogP contribution < -0.4 is 4.74 Å². The van der Waals surface area contributed by atoms with Crippen molar-refractivity contribution in [3.63, 3.8) is 0 Å². The molecule has 1 fully saturated rings. The highest BCUT2D eigenvalue weighted by Crippen LogP contribution is 2.30. The number of nitrogens with zero attached hydrogens (tertiary/aromatic N) is 2. The number of hydrogen-bond acceptors (Lipinski definition) is 4. The van der Waals surface area contributed by atoms with Gasteiger partial charge in [-0.25, -0.2) is 5.06 Å². The lowest BCUT2D eigenvalue weighted by Crippen LogP contribution is -2.34. The molecule has 0 spiro atoms. The van der Waals surface area contributed by atoms with Crippen molar-refractivity contribution in [2.45, 2.75) is 19.4 Å². The maximum absolute atomic E-state index is 12.2. The first kappa shape index (κ1) is 16.3. The second kappa shape index (κ2) is 6.79. The lowest BCUT2D eigenvalue weighted by Gasteiger charge is -2.25. The van der Waals surface area contributed by atoms with Crippen LogP contribution in [0.1, 0.15) is 24.9 Å². The molecule has 0 aliphatic carbocycles. The van der Waals surface area contributed by atoms with E-state index in [0.717, 1.165) is 11.3 Å². The zero-order chi connectivity index (χ0) is 16.3. The van der Waals surface area contributed by atoms with Crippen LogP contribution in [-0.2, 0) is 14.4 Å². The van der Waals surface area contributed by atoms with Gasteiger partial charge in [0.05, 0.1) is 26.2 Å². The molecule has 6 nitrogen and oxygen atoms in total. The first-order chi connectivity index (χ1) is 10.5. The SMILES string of the molecule is COc1ccc([C@H](C)N2C[C@@H](C(=O)N(C)OC)CC2=O)cc1. The second-order valence-electron chi connectivity index (χ2n) is 5.41. The van der Waals surface area contributed by atoms with Gasteiger partial charge in [-0.1, -0.05) is 12.1 Å². The van der Waals surface area contributed by atoms with E-state index in [1.807, 2.05) is 31.2 Å². The zero-order valence-electron chi connectivity index (χ0n) is 13.4. The van der Waals surface area contributed by atoms with Gasteiger partial charge >= 0.3 is 0 Å². The van der Waals surface area contributed by atoms with Crippen LogP contribution in [0.5, 0.6) is 5.75 Å². The van der Waals surface area contributed by atoms with Crippen molar-refractivity contribution in [2.75, 3.05) is 27.8 Å². The molecular weight excluding hydrogens is 284 g/mol. The lowest BCUT2D eigenvalue weighted by atomic mass is 10.1. The average molecular weight is 306 g/mol. The zero-order valence-corrected chi connectivity index (χ0v) is 13.4. The number of carbonyl (C=O) groups is 2. The van der Waals surface area contributed by atoms with Crippen molar-refractivity contribution in [1.82, 2.24) is 9.96 Å². The summed E-state index contributed by atoms with van der Waals surface area (Å²) in [5.74, 6) is 0.253. The van der Waals surface area contributed by atoms with E-state index in [2.05, 4.69) is 0 Å². The quantitative estimate of drug-likeness (QED) is 0.776. The minimum Gasteiger partial charge on any atom is -0.497 e. The molecule has 6 heteroatoms. The van der Waals surface area contributed by atoms with Gasteiger partial charge in [0.1, 0.15) is 5.75 Å². The molecule has 1 aliphatic heterocycles. The Labute approximate surface area is 130 Å². The summed E-state index contributed by atoms with van der Waals surface area (Å²) < 4.78 is 5.14. The van der Waals surface area contributed by atoms with Crippen molar-refractivity contribution in [3.05, 3.63) is 29.8 Å². The number of ether oxygens (including phenoxy) is 1. The summed E-state index contributed by atoms with van der Waals surface area (Å²) in [4.78, 5) is 31.0. The largest absolute Gasteiger partial charge is 0.497 e. The molecule has 0 unspecified atom stereocenters. The van der Waals surface area contributed by atoms with Gasteiger partial charge in [0, 0.05) is 20.0 Å². The van der Waals surface area contributed by atoms with E-state index in [4.69, 9.17) is 9.57 Å². The molecule has 1 heterocycles. The fourth-order valence-electron chi connectivity index (χ4n) is 2.68. The first-order valence-corrected chi connectivity index (χ1v) is 7.23. The molecule has 0 bridgehead atoms. The van der Waals surface area contributed by atoms with E-state index in [0.29, 0.717) is 6.54 Å². The molecule has 2 rings (SSSR count). The molecule has 1 aromatic rings. The standard InChI is InChI=1S/C16H22N2O4/c1-11(12-5-7-14(21-3)8-6-12)18-10-13(9-15(18)19)16(20)17(2)22-4/h5-8,11,13H,9-10H2,1-4H3/t11-,13-/m0/s1. The van der Waals surface area contributed by atoms with Crippen LogP contribution in [0.2, 0.25) is 0 Å². The van der Waals surface area contributed by atoms with Crippen LogP contribution in [0, 0.1) is 5.92 Å². The highest BCUT2D eigenvalue weighted by Gasteiger charge is 2.38. The van der Waals surface area contributed by atoms with Crippen LogP contribution >= 0.6 is 0 Å². The molecule has 0 aromatic heterocycles. The summed E-state index contributed by atoms with van der Waals surface area (Å²) in [6.07, 6.45) is 0.229. The lowest BCUT2D eigenvalue weighted by molar-refractivity contribution is -0.173. The second-order valence-corrected chi connectivity index (χ2v) is 5.41. The minimum absolute atomic E-state index is 0.00817. The number of carbonyl (C=O) groups excluding carboxylic acids is 2. The van der Waals surface area contributed by atoms with E-state index in [1.54, 1.807) is 19.1 Å². The van der Waals surface area contributed by atoms with E-state index >= 15 is 0 Å². The molecule has 1 saturated heterocycles. The van der Waals surface area contributed by atoms with Crippen molar-refractivity contribution in [1.29, 1.82) is 0 Å². The molecular formula is C16H22N2O4. The fourth-order valence-corrected chi connectivity index (χ4v) is 2.68. The first-order valence-electron chi connectivity index (χ1n) is 7.23. The molecule has 22 heavy (non-hydrogen) atoms. The Bertz CT molecular complexity index is 544. The molecule has 1 aliphatic rings. The average Bonchev–Trinajstić information content (AvgIpc) is 2.94. The van der Waals surface area contributed by atoms with Crippen LogP contribution in [0.25, 0.3) is 0 Å². The third-order valence-electron chi connectivity index (χ3n) is 4.16. The third-order valence-corrected chi connectivity index (χ3v) is 4.16. The summed E-state index contributed by atoms with van der Waals surface area (Å²) in [6.45, 7) is 2.38. The van der Waals surface area contributed by atoms with Gasteiger partial charge < -0.3 is 9.64 Å². The molecule has 0 radical (unpaired) electrons. The molecule has 1 aromatic carbocycles. The predicted octanol–water partition coefficient (Wildman–Crippen LogP) is 1.62. The maximum atomic E-state index is 12.2. The number of rotatable bonds is 5. The number of hydroxylamine groups is 2. The summed E-state index contributed by atoms with van der Waals surface area (Å²) in [5, 5.41) is 1.18. The number of hydrogen-bond donors (Lipinski definition) is 0. The van der Waals surface area contributed by atoms with E-state index in [1.165, 1.54) is 12.2 Å². The van der Waals surface area contributed by atoms with Gasteiger partial charge in [-0.15, -0.1) is 0 Å². The number of likely N-dealkylation sites (tertiary alicyclic amines) is 1. The predicted molar refractivity (Wildman–Crippen MR) is 81.0 cm³/mol. The van der Waals surface area contributed by atoms with Gasteiger partial charge in [0.25, 0.3) is 5.91 Å².